The molecule has 5 aliphatic rings. The molecule has 1 N–H and O–H groups in total. The van der Waals surface area contributed by atoms with Crippen LogP contribution in [0.4, 0.5) is 0 Å². The summed E-state index contributed by atoms with van der Waals surface area (Å²) in [6, 6.07) is 8.88. The van der Waals surface area contributed by atoms with E-state index in [1.165, 1.54) is 44.1 Å². The molecule has 1 saturated heterocycles. The van der Waals surface area contributed by atoms with Crippen LogP contribution in [0.5, 0.6) is 5.75 Å². The van der Waals surface area contributed by atoms with E-state index >= 15 is 0 Å². The summed E-state index contributed by atoms with van der Waals surface area (Å²) in [5.74, 6) is 3.81. The van der Waals surface area contributed by atoms with Crippen LogP contribution in [0.25, 0.3) is 0 Å². The Morgan fingerprint density at radius 2 is 1.61 bits per heavy atom. The van der Waals surface area contributed by atoms with Crippen molar-refractivity contribution in [2.24, 2.45) is 17.8 Å². The van der Waals surface area contributed by atoms with E-state index in [-0.39, 0.29) is 0 Å². The minimum Gasteiger partial charge on any atom is -0.491 e. The second kappa shape index (κ2) is 7.30. The van der Waals surface area contributed by atoms with Gasteiger partial charge in [-0.3, -0.25) is 0 Å². The molecule has 6 rings (SSSR count). The van der Waals surface area contributed by atoms with Crippen LogP contribution in [0.15, 0.2) is 24.3 Å². The van der Waals surface area contributed by atoms with Crippen molar-refractivity contribution in [1.82, 2.24) is 0 Å². The maximum absolute atomic E-state index is 10.5. The predicted molar refractivity (Wildman–Crippen MR) is 109 cm³/mol. The summed E-state index contributed by atoms with van der Waals surface area (Å²) in [4.78, 5) is 0. The van der Waals surface area contributed by atoms with Crippen molar-refractivity contribution in [3.05, 3.63) is 29.8 Å². The highest BCUT2D eigenvalue weighted by molar-refractivity contribution is 5.34. The van der Waals surface area contributed by atoms with Gasteiger partial charge in [0, 0.05) is 0 Å². The zero-order valence-electron chi connectivity index (χ0n) is 17.3. The summed E-state index contributed by atoms with van der Waals surface area (Å²) < 4.78 is 12.3. The number of hydrogen-bond acceptors (Lipinski definition) is 3. The summed E-state index contributed by atoms with van der Waals surface area (Å²) in [5.41, 5.74) is 1.98. The molecule has 0 radical (unpaired) electrons. The fraction of sp³-hybridized carbons (Fsp3) is 0.750. The zero-order valence-corrected chi connectivity index (χ0v) is 17.3. The second-order valence-corrected chi connectivity index (χ2v) is 10.5. The molecule has 4 aliphatic carbocycles. The molecule has 0 spiro atoms. The first-order valence-corrected chi connectivity index (χ1v) is 11.3. The van der Waals surface area contributed by atoms with Gasteiger partial charge < -0.3 is 19.1 Å². The van der Waals surface area contributed by atoms with Crippen LogP contribution in [0.2, 0.25) is 0 Å². The molecule has 0 amide bonds. The number of quaternary nitrogens is 1. The average Bonchev–Trinajstić information content (AvgIpc) is 2.66. The van der Waals surface area contributed by atoms with Gasteiger partial charge in [-0.05, 0) is 79.4 Å². The molecule has 28 heavy (non-hydrogen) atoms. The largest absolute Gasteiger partial charge is 0.491 e. The second-order valence-electron chi connectivity index (χ2n) is 10.5. The number of rotatable bonds is 6. The van der Waals surface area contributed by atoms with Gasteiger partial charge in [0.15, 0.2) is 0 Å². The first-order valence-electron chi connectivity index (χ1n) is 11.3. The first kappa shape index (κ1) is 18.9. The molecule has 1 aromatic rings. The van der Waals surface area contributed by atoms with Crippen molar-refractivity contribution in [2.75, 3.05) is 46.5 Å². The van der Waals surface area contributed by atoms with E-state index in [2.05, 4.69) is 31.3 Å². The quantitative estimate of drug-likeness (QED) is 0.762. The van der Waals surface area contributed by atoms with Crippen LogP contribution in [0, 0.1) is 17.8 Å². The minimum absolute atomic E-state index is 0.366. The Balaban J connectivity index is 1.18. The van der Waals surface area contributed by atoms with Crippen LogP contribution < -0.4 is 4.74 Å². The molecule has 1 heterocycles. The van der Waals surface area contributed by atoms with Crippen molar-refractivity contribution >= 4 is 0 Å². The summed E-state index contributed by atoms with van der Waals surface area (Å²) in [6.45, 7) is 4.61. The Hall–Kier alpha value is -1.10. The molecule has 4 saturated carbocycles. The monoisotopic (exact) mass is 386 g/mol. The van der Waals surface area contributed by atoms with E-state index in [9.17, 15) is 5.11 Å². The number of aliphatic hydroxyl groups is 1. The number of hydrogen-bond donors (Lipinski definition) is 1. The predicted octanol–water partition coefficient (Wildman–Crippen LogP) is 3.37. The van der Waals surface area contributed by atoms with Gasteiger partial charge in [-0.15, -0.1) is 0 Å². The Kier molecular flexibility index (Phi) is 4.93. The Morgan fingerprint density at radius 3 is 2.18 bits per heavy atom. The van der Waals surface area contributed by atoms with Crippen LogP contribution in [-0.4, -0.2) is 62.2 Å². The SMILES string of the molecule is C[N+]1(C[C@@H](O)COc2ccc(C34CC5CC(CC(C5)C3)C4)cc2)CCOCC1. The van der Waals surface area contributed by atoms with Crippen LogP contribution in [0.1, 0.15) is 44.1 Å². The summed E-state index contributed by atoms with van der Waals surface area (Å²) >= 11 is 0. The Morgan fingerprint density at radius 1 is 1.04 bits per heavy atom. The smallest absolute Gasteiger partial charge is 0.137 e. The molecule has 5 fully saturated rings. The van der Waals surface area contributed by atoms with Crippen molar-refractivity contribution in [3.8, 4) is 5.75 Å². The fourth-order valence-corrected chi connectivity index (χ4v) is 7.09. The van der Waals surface area contributed by atoms with Gasteiger partial charge in [0.25, 0.3) is 0 Å². The number of nitrogens with zero attached hydrogens (tertiary/aromatic N) is 1. The normalized spacial score (nSPS) is 37.0. The third kappa shape index (κ3) is 3.71. The number of likely N-dealkylation sites (N-methyl/N-ethyl adjacent to an activating group) is 1. The third-order valence-corrected chi connectivity index (χ3v) is 8.15. The Bertz CT molecular complexity index is 644. The summed E-state index contributed by atoms with van der Waals surface area (Å²) in [7, 11) is 2.20. The minimum atomic E-state index is -0.439. The number of aliphatic hydroxyl groups excluding tert-OH is 1. The van der Waals surface area contributed by atoms with Crippen LogP contribution in [-0.2, 0) is 10.2 Å². The van der Waals surface area contributed by atoms with Gasteiger partial charge in [0.2, 0.25) is 0 Å². The maximum Gasteiger partial charge on any atom is 0.137 e. The fourth-order valence-electron chi connectivity index (χ4n) is 7.09. The third-order valence-electron chi connectivity index (χ3n) is 8.15. The zero-order chi connectivity index (χ0) is 19.2. The van der Waals surface area contributed by atoms with Gasteiger partial charge in [-0.25, -0.2) is 0 Å². The highest BCUT2D eigenvalue weighted by Gasteiger charge is 2.51. The van der Waals surface area contributed by atoms with Gasteiger partial charge >= 0.3 is 0 Å². The topological polar surface area (TPSA) is 38.7 Å². The van der Waals surface area contributed by atoms with Crippen molar-refractivity contribution < 1.29 is 19.1 Å². The molecule has 1 aromatic carbocycles. The Labute approximate surface area is 169 Å². The summed E-state index contributed by atoms with van der Waals surface area (Å²) in [6.07, 6.45) is 8.23. The molecule has 4 bridgehead atoms. The van der Waals surface area contributed by atoms with Gasteiger partial charge in [-0.1, -0.05) is 12.1 Å². The molecule has 0 unspecified atom stereocenters. The highest BCUT2D eigenvalue weighted by atomic mass is 16.5. The molecular formula is C24H36NO3+. The standard InChI is InChI=1S/C24H36NO3/c1-25(6-8-27-9-7-25)16-22(26)17-28-23-4-2-21(3-5-23)24-13-18-10-19(14-24)12-20(11-18)15-24/h2-5,18-20,22,26H,6-17H2,1H3/q+1/t18?,19?,20?,22-,24?/m1/s1. The molecule has 1 atom stereocenters. The van der Waals surface area contributed by atoms with E-state index in [0.29, 0.717) is 12.0 Å². The van der Waals surface area contributed by atoms with Gasteiger partial charge in [0.1, 0.15) is 38.1 Å². The highest BCUT2D eigenvalue weighted by Crippen LogP contribution is 2.60. The van der Waals surface area contributed by atoms with E-state index in [1.807, 2.05) is 0 Å². The average molecular weight is 387 g/mol. The molecular weight excluding hydrogens is 350 g/mol. The molecule has 4 heteroatoms. The lowest BCUT2D eigenvalue weighted by molar-refractivity contribution is -0.919. The van der Waals surface area contributed by atoms with Crippen LogP contribution >= 0.6 is 0 Å². The van der Waals surface area contributed by atoms with E-state index < -0.39 is 6.10 Å². The maximum atomic E-state index is 10.5. The van der Waals surface area contributed by atoms with E-state index in [0.717, 1.165) is 60.8 Å². The lowest BCUT2D eigenvalue weighted by Crippen LogP contribution is -2.56. The van der Waals surface area contributed by atoms with Crippen LogP contribution in [0.3, 0.4) is 0 Å². The number of ether oxygens (including phenoxy) is 2. The molecule has 154 valence electrons. The molecule has 0 aromatic heterocycles. The van der Waals surface area contributed by atoms with Crippen molar-refractivity contribution in [2.45, 2.75) is 50.0 Å². The number of morpholine rings is 1. The van der Waals surface area contributed by atoms with Gasteiger partial charge in [0.05, 0.1) is 20.3 Å². The van der Waals surface area contributed by atoms with E-state index in [1.54, 1.807) is 0 Å². The lowest BCUT2D eigenvalue weighted by Gasteiger charge is -2.57. The first-order chi connectivity index (χ1) is 13.5. The van der Waals surface area contributed by atoms with Gasteiger partial charge in [-0.2, -0.15) is 0 Å². The van der Waals surface area contributed by atoms with Crippen molar-refractivity contribution in [1.29, 1.82) is 0 Å². The molecule has 4 nitrogen and oxygen atoms in total. The molecule has 1 aliphatic heterocycles. The van der Waals surface area contributed by atoms with Crippen molar-refractivity contribution in [3.63, 3.8) is 0 Å². The number of benzene rings is 1. The lowest BCUT2D eigenvalue weighted by atomic mass is 9.48. The summed E-state index contributed by atoms with van der Waals surface area (Å²) in [5, 5.41) is 10.5. The van der Waals surface area contributed by atoms with E-state index in [4.69, 9.17) is 9.47 Å².